The Morgan fingerprint density at radius 1 is 1.23 bits per heavy atom. The van der Waals surface area contributed by atoms with Gasteiger partial charge in [-0.05, 0) is 31.0 Å². The van der Waals surface area contributed by atoms with Crippen LogP contribution in [0.3, 0.4) is 0 Å². The number of fused-ring (bicyclic) bond motifs is 4. The van der Waals surface area contributed by atoms with E-state index in [0.717, 1.165) is 21.1 Å². The molecule has 0 N–H and O–H groups in total. The van der Waals surface area contributed by atoms with Crippen molar-refractivity contribution in [3.05, 3.63) is 52.3 Å². The zero-order valence-electron chi connectivity index (χ0n) is 16.8. The number of nitrogens with zero attached hydrogens (tertiary/aromatic N) is 5. The molecule has 0 aliphatic carbocycles. The number of imidazole rings is 1. The van der Waals surface area contributed by atoms with E-state index in [9.17, 15) is 14.4 Å². The fourth-order valence-electron chi connectivity index (χ4n) is 4.18. The largest absolute Gasteiger partial charge is 0.333 e. The Kier molecular flexibility index (Phi) is 4.35. The van der Waals surface area contributed by atoms with Gasteiger partial charge >= 0.3 is 0 Å². The van der Waals surface area contributed by atoms with Crippen molar-refractivity contribution in [2.24, 2.45) is 0 Å². The molecule has 0 aromatic carbocycles. The number of rotatable bonds is 2. The monoisotopic (exact) mass is 423 g/mol. The lowest BCUT2D eigenvalue weighted by Crippen LogP contribution is -2.38. The maximum absolute atomic E-state index is 13.1. The number of anilines is 1. The van der Waals surface area contributed by atoms with Crippen LogP contribution in [0.25, 0.3) is 5.65 Å². The number of pyridine rings is 1. The van der Waals surface area contributed by atoms with Crippen molar-refractivity contribution in [3.8, 4) is 0 Å². The molecule has 2 aliphatic rings. The predicted octanol–water partition coefficient (Wildman–Crippen LogP) is 2.03. The third-order valence-corrected chi connectivity index (χ3v) is 7.01. The van der Waals surface area contributed by atoms with Crippen molar-refractivity contribution in [2.75, 3.05) is 31.6 Å². The van der Waals surface area contributed by atoms with Gasteiger partial charge in [0.25, 0.3) is 11.8 Å². The molecule has 0 radical (unpaired) electrons. The molecule has 2 aliphatic heterocycles. The smallest absolute Gasteiger partial charge is 0.257 e. The van der Waals surface area contributed by atoms with Crippen LogP contribution < -0.4 is 4.90 Å². The zero-order chi connectivity index (χ0) is 21.0. The molecule has 5 rings (SSSR count). The standard InChI is InChI=1S/C21H21N5O3S/c1-3-26-17(27)12-23(2)20(29)18-14-5-8-25(11-15(14)30-21(18)26)19(28)13-4-7-24-9-6-22-16(24)10-13/h4,6-7,9-10H,3,5,8,11-12H2,1-2H3. The van der Waals surface area contributed by atoms with Crippen LogP contribution in [0.1, 0.15) is 38.1 Å². The van der Waals surface area contributed by atoms with Crippen molar-refractivity contribution < 1.29 is 14.4 Å². The zero-order valence-corrected chi connectivity index (χ0v) is 17.6. The first-order chi connectivity index (χ1) is 14.5. The van der Waals surface area contributed by atoms with Crippen LogP contribution in [0.2, 0.25) is 0 Å². The number of amides is 3. The van der Waals surface area contributed by atoms with E-state index >= 15 is 0 Å². The number of likely N-dealkylation sites (N-methyl/N-ethyl adjacent to an activating group) is 2. The molecule has 154 valence electrons. The van der Waals surface area contributed by atoms with Crippen molar-refractivity contribution in [1.29, 1.82) is 0 Å². The summed E-state index contributed by atoms with van der Waals surface area (Å²) in [6, 6.07) is 3.59. The van der Waals surface area contributed by atoms with Crippen molar-refractivity contribution in [2.45, 2.75) is 19.9 Å². The second kappa shape index (κ2) is 6.94. The Labute approximate surface area is 177 Å². The van der Waals surface area contributed by atoms with E-state index in [2.05, 4.69) is 4.98 Å². The number of aromatic nitrogens is 2. The SMILES string of the molecule is CCN1C(=O)CN(C)C(=O)c2c1sc1c2CCN(C(=O)c2ccn3ccnc3c2)C1. The van der Waals surface area contributed by atoms with Crippen LogP contribution in [0.15, 0.2) is 30.7 Å². The summed E-state index contributed by atoms with van der Waals surface area (Å²) in [6.45, 7) is 3.49. The van der Waals surface area contributed by atoms with Gasteiger partial charge in [0.15, 0.2) is 0 Å². The highest BCUT2D eigenvalue weighted by atomic mass is 32.1. The fraction of sp³-hybridized carbons (Fsp3) is 0.333. The molecule has 0 unspecified atom stereocenters. The number of carbonyl (C=O) groups excluding carboxylic acids is 3. The van der Waals surface area contributed by atoms with Crippen molar-refractivity contribution >= 4 is 39.7 Å². The summed E-state index contributed by atoms with van der Waals surface area (Å²) in [4.78, 5) is 48.9. The van der Waals surface area contributed by atoms with Gasteiger partial charge in [-0.3, -0.25) is 14.4 Å². The molecule has 30 heavy (non-hydrogen) atoms. The van der Waals surface area contributed by atoms with Crippen LogP contribution in [0.5, 0.6) is 0 Å². The van der Waals surface area contributed by atoms with Gasteiger partial charge in [0.2, 0.25) is 5.91 Å². The fourth-order valence-corrected chi connectivity index (χ4v) is 5.62. The van der Waals surface area contributed by atoms with Crippen LogP contribution in [-0.2, 0) is 17.8 Å². The quantitative estimate of drug-likeness (QED) is 0.632. The third-order valence-electron chi connectivity index (χ3n) is 5.77. The molecule has 3 amide bonds. The summed E-state index contributed by atoms with van der Waals surface area (Å²) in [5.74, 6) is -0.246. The molecule has 0 spiro atoms. The number of thiophene rings is 1. The van der Waals surface area contributed by atoms with Gasteiger partial charge in [0.1, 0.15) is 17.2 Å². The van der Waals surface area contributed by atoms with Crippen LogP contribution in [0, 0.1) is 0 Å². The number of hydrogen-bond donors (Lipinski definition) is 0. The lowest BCUT2D eigenvalue weighted by molar-refractivity contribution is -0.118. The maximum Gasteiger partial charge on any atom is 0.257 e. The van der Waals surface area contributed by atoms with E-state index in [1.807, 2.05) is 23.7 Å². The Morgan fingerprint density at radius 2 is 2.07 bits per heavy atom. The highest BCUT2D eigenvalue weighted by molar-refractivity contribution is 7.17. The summed E-state index contributed by atoms with van der Waals surface area (Å²) in [6.07, 6.45) is 5.97. The summed E-state index contributed by atoms with van der Waals surface area (Å²) < 4.78 is 1.86. The molecule has 3 aromatic heterocycles. The Balaban J connectivity index is 1.49. The summed E-state index contributed by atoms with van der Waals surface area (Å²) in [5, 5.41) is 0.718. The normalized spacial score (nSPS) is 16.7. The lowest BCUT2D eigenvalue weighted by Gasteiger charge is -2.27. The van der Waals surface area contributed by atoms with E-state index < -0.39 is 0 Å². The van der Waals surface area contributed by atoms with Crippen molar-refractivity contribution in [1.82, 2.24) is 19.2 Å². The molecule has 0 bridgehead atoms. The lowest BCUT2D eigenvalue weighted by atomic mass is 10.0. The van der Waals surface area contributed by atoms with E-state index in [1.54, 1.807) is 35.2 Å². The predicted molar refractivity (Wildman–Crippen MR) is 113 cm³/mol. The first-order valence-electron chi connectivity index (χ1n) is 9.90. The van der Waals surface area contributed by atoms with Crippen LogP contribution in [0.4, 0.5) is 5.00 Å². The Hall–Kier alpha value is -3.20. The minimum atomic E-state index is -0.115. The summed E-state index contributed by atoms with van der Waals surface area (Å²) in [7, 11) is 1.66. The molecule has 9 heteroatoms. The van der Waals surface area contributed by atoms with Gasteiger partial charge in [-0.15, -0.1) is 11.3 Å². The highest BCUT2D eigenvalue weighted by Gasteiger charge is 2.37. The molecule has 5 heterocycles. The molecule has 0 saturated heterocycles. The summed E-state index contributed by atoms with van der Waals surface area (Å²) in [5.41, 5.74) is 2.94. The maximum atomic E-state index is 13.1. The molecule has 0 atom stereocenters. The number of hydrogen-bond acceptors (Lipinski definition) is 5. The molecular formula is C21H21N5O3S. The third kappa shape index (κ3) is 2.80. The van der Waals surface area contributed by atoms with Gasteiger partial charge in [-0.1, -0.05) is 0 Å². The van der Waals surface area contributed by atoms with Crippen LogP contribution >= 0.6 is 11.3 Å². The second-order valence-electron chi connectivity index (χ2n) is 7.57. The average molecular weight is 423 g/mol. The van der Waals surface area contributed by atoms with Gasteiger partial charge in [0, 0.05) is 49.2 Å². The van der Waals surface area contributed by atoms with Gasteiger partial charge in [-0.2, -0.15) is 0 Å². The van der Waals surface area contributed by atoms with E-state index in [0.29, 0.717) is 37.2 Å². The average Bonchev–Trinajstić information content (AvgIpc) is 3.34. The first kappa shape index (κ1) is 18.8. The van der Waals surface area contributed by atoms with Crippen LogP contribution in [-0.4, -0.2) is 63.6 Å². The Morgan fingerprint density at radius 3 is 2.87 bits per heavy atom. The van der Waals surface area contributed by atoms with Crippen molar-refractivity contribution in [3.63, 3.8) is 0 Å². The van der Waals surface area contributed by atoms with Gasteiger partial charge in [0.05, 0.1) is 12.1 Å². The van der Waals surface area contributed by atoms with E-state index in [-0.39, 0.29) is 24.3 Å². The molecule has 3 aromatic rings. The van der Waals surface area contributed by atoms with Gasteiger partial charge < -0.3 is 19.1 Å². The first-order valence-corrected chi connectivity index (χ1v) is 10.7. The van der Waals surface area contributed by atoms with Gasteiger partial charge in [-0.25, -0.2) is 4.98 Å². The molecular weight excluding hydrogens is 402 g/mol. The highest BCUT2D eigenvalue weighted by Crippen LogP contribution is 2.41. The second-order valence-corrected chi connectivity index (χ2v) is 8.65. The minimum Gasteiger partial charge on any atom is -0.333 e. The minimum absolute atomic E-state index is 0.0541. The van der Waals surface area contributed by atoms with E-state index in [4.69, 9.17) is 0 Å². The topological polar surface area (TPSA) is 78.2 Å². The molecule has 0 fully saturated rings. The molecule has 8 nitrogen and oxygen atoms in total. The number of carbonyl (C=O) groups is 3. The Bertz CT molecular complexity index is 1200. The van der Waals surface area contributed by atoms with E-state index in [1.165, 1.54) is 16.2 Å². The molecule has 0 saturated carbocycles. The summed E-state index contributed by atoms with van der Waals surface area (Å²) >= 11 is 1.46.